The number of halogens is 1. The molecule has 1 fully saturated rings. The molecule has 1 aliphatic heterocycles. The molecule has 102 valence electrons. The van der Waals surface area contributed by atoms with Crippen molar-refractivity contribution in [2.75, 3.05) is 13.1 Å². The molecule has 1 saturated heterocycles. The van der Waals surface area contributed by atoms with Crippen LogP contribution in [0.3, 0.4) is 0 Å². The molecule has 1 aromatic carbocycles. The second kappa shape index (κ2) is 5.46. The van der Waals surface area contributed by atoms with Gasteiger partial charge in [-0.2, -0.15) is 0 Å². The SMILES string of the molecule is NC(=O)c1ccc(CN2CCCN(N)C2=O)c(Cl)c1. The molecule has 0 saturated carbocycles. The molecule has 2 rings (SSSR count). The van der Waals surface area contributed by atoms with Gasteiger partial charge in [0.25, 0.3) is 0 Å². The number of carbonyl (C=O) groups excluding carboxylic acids is 2. The first-order valence-corrected chi connectivity index (χ1v) is 6.26. The van der Waals surface area contributed by atoms with Crippen LogP contribution >= 0.6 is 11.6 Å². The monoisotopic (exact) mass is 282 g/mol. The van der Waals surface area contributed by atoms with Crippen LogP contribution in [-0.2, 0) is 6.54 Å². The minimum atomic E-state index is -0.532. The molecule has 7 heteroatoms. The first-order valence-electron chi connectivity index (χ1n) is 5.88. The van der Waals surface area contributed by atoms with E-state index in [2.05, 4.69) is 0 Å². The molecule has 6 nitrogen and oxygen atoms in total. The number of urea groups is 1. The normalized spacial score (nSPS) is 15.8. The van der Waals surface area contributed by atoms with Crippen molar-refractivity contribution < 1.29 is 9.59 Å². The van der Waals surface area contributed by atoms with Gasteiger partial charge in [0.1, 0.15) is 0 Å². The summed E-state index contributed by atoms with van der Waals surface area (Å²) in [5, 5.41) is 1.60. The van der Waals surface area contributed by atoms with Crippen LogP contribution in [0, 0.1) is 0 Å². The van der Waals surface area contributed by atoms with Gasteiger partial charge >= 0.3 is 6.03 Å². The molecule has 0 aliphatic carbocycles. The first-order chi connectivity index (χ1) is 8.99. The van der Waals surface area contributed by atoms with Crippen molar-refractivity contribution in [1.82, 2.24) is 9.91 Å². The van der Waals surface area contributed by atoms with Gasteiger partial charge in [-0.3, -0.25) is 9.80 Å². The van der Waals surface area contributed by atoms with Crippen LogP contribution < -0.4 is 11.6 Å². The number of carbonyl (C=O) groups is 2. The maximum Gasteiger partial charge on any atom is 0.334 e. The van der Waals surface area contributed by atoms with E-state index in [1.54, 1.807) is 17.0 Å². The molecular weight excluding hydrogens is 268 g/mol. The second-order valence-electron chi connectivity index (χ2n) is 4.42. The number of hydrogen-bond donors (Lipinski definition) is 2. The molecule has 0 unspecified atom stereocenters. The largest absolute Gasteiger partial charge is 0.366 e. The zero-order valence-electron chi connectivity index (χ0n) is 10.3. The van der Waals surface area contributed by atoms with Gasteiger partial charge in [-0.1, -0.05) is 17.7 Å². The third-order valence-electron chi connectivity index (χ3n) is 3.04. The zero-order valence-corrected chi connectivity index (χ0v) is 11.1. The highest BCUT2D eigenvalue weighted by Crippen LogP contribution is 2.21. The summed E-state index contributed by atoms with van der Waals surface area (Å²) in [6.45, 7) is 1.56. The van der Waals surface area contributed by atoms with Crippen LogP contribution in [0.5, 0.6) is 0 Å². The number of nitrogens with zero attached hydrogens (tertiary/aromatic N) is 2. The highest BCUT2D eigenvalue weighted by atomic mass is 35.5. The van der Waals surface area contributed by atoms with Gasteiger partial charge in [0.05, 0.1) is 0 Å². The van der Waals surface area contributed by atoms with Crippen molar-refractivity contribution >= 4 is 23.5 Å². The van der Waals surface area contributed by atoms with Gasteiger partial charge in [0.15, 0.2) is 0 Å². The van der Waals surface area contributed by atoms with Gasteiger partial charge in [-0.15, -0.1) is 0 Å². The van der Waals surface area contributed by atoms with E-state index < -0.39 is 5.91 Å². The van der Waals surface area contributed by atoms with Gasteiger partial charge in [0.2, 0.25) is 5.91 Å². The average molecular weight is 283 g/mol. The molecule has 3 amide bonds. The van der Waals surface area contributed by atoms with Gasteiger partial charge < -0.3 is 10.6 Å². The van der Waals surface area contributed by atoms with E-state index in [1.807, 2.05) is 0 Å². The van der Waals surface area contributed by atoms with E-state index in [4.69, 9.17) is 23.2 Å². The molecule has 0 bridgehead atoms. The summed E-state index contributed by atoms with van der Waals surface area (Å²) in [5.41, 5.74) is 6.28. The van der Waals surface area contributed by atoms with E-state index >= 15 is 0 Å². The number of hydrazine groups is 1. The summed E-state index contributed by atoms with van der Waals surface area (Å²) in [6, 6.07) is 4.58. The van der Waals surface area contributed by atoms with Crippen molar-refractivity contribution in [1.29, 1.82) is 0 Å². The lowest BCUT2D eigenvalue weighted by atomic mass is 10.1. The fourth-order valence-corrected chi connectivity index (χ4v) is 2.23. The third kappa shape index (κ3) is 2.97. The minimum absolute atomic E-state index is 0.221. The number of hydrogen-bond acceptors (Lipinski definition) is 3. The summed E-state index contributed by atoms with van der Waals surface area (Å²) in [4.78, 5) is 24.5. The number of rotatable bonds is 3. The van der Waals surface area contributed by atoms with Crippen molar-refractivity contribution in [3.8, 4) is 0 Å². The Morgan fingerprint density at radius 2 is 2.11 bits per heavy atom. The van der Waals surface area contributed by atoms with E-state index in [0.29, 0.717) is 30.2 Å². The second-order valence-corrected chi connectivity index (χ2v) is 4.83. The molecule has 0 radical (unpaired) electrons. The molecule has 4 N–H and O–H groups in total. The lowest BCUT2D eigenvalue weighted by molar-refractivity contribution is 0.1000. The Bertz CT molecular complexity index is 520. The lowest BCUT2D eigenvalue weighted by Gasteiger charge is -2.32. The highest BCUT2D eigenvalue weighted by molar-refractivity contribution is 6.31. The number of primary amides is 1. The third-order valence-corrected chi connectivity index (χ3v) is 3.39. The van der Waals surface area contributed by atoms with Crippen LogP contribution in [0.1, 0.15) is 22.3 Å². The number of amides is 3. The van der Waals surface area contributed by atoms with E-state index in [9.17, 15) is 9.59 Å². The Morgan fingerprint density at radius 3 is 2.74 bits per heavy atom. The Morgan fingerprint density at radius 1 is 1.37 bits per heavy atom. The Hall–Kier alpha value is -1.79. The summed E-state index contributed by atoms with van der Waals surface area (Å²) in [6.07, 6.45) is 0.819. The van der Waals surface area contributed by atoms with Gasteiger partial charge in [-0.25, -0.2) is 10.6 Å². The Balaban J connectivity index is 2.15. The Kier molecular flexibility index (Phi) is 3.92. The van der Waals surface area contributed by atoms with E-state index in [0.717, 1.165) is 12.0 Å². The molecular formula is C12H15ClN4O2. The summed E-state index contributed by atoms with van der Waals surface area (Å²) < 4.78 is 0. The van der Waals surface area contributed by atoms with Crippen molar-refractivity contribution in [3.05, 3.63) is 34.3 Å². The first kappa shape index (κ1) is 13.6. The maximum absolute atomic E-state index is 11.8. The van der Waals surface area contributed by atoms with Crippen LogP contribution in [0.4, 0.5) is 4.79 Å². The molecule has 1 aliphatic rings. The highest BCUT2D eigenvalue weighted by Gasteiger charge is 2.23. The van der Waals surface area contributed by atoms with Crippen LogP contribution in [0.2, 0.25) is 5.02 Å². The average Bonchev–Trinajstić information content (AvgIpc) is 2.37. The van der Waals surface area contributed by atoms with Crippen molar-refractivity contribution in [2.24, 2.45) is 11.6 Å². The fourth-order valence-electron chi connectivity index (χ4n) is 1.99. The van der Waals surface area contributed by atoms with Crippen LogP contribution in [0.15, 0.2) is 18.2 Å². The lowest BCUT2D eigenvalue weighted by Crippen LogP contribution is -2.52. The maximum atomic E-state index is 11.8. The summed E-state index contributed by atoms with van der Waals surface area (Å²) >= 11 is 6.09. The van der Waals surface area contributed by atoms with Crippen molar-refractivity contribution in [3.63, 3.8) is 0 Å². The number of benzene rings is 1. The smallest absolute Gasteiger partial charge is 0.334 e. The predicted molar refractivity (Wildman–Crippen MR) is 71.3 cm³/mol. The molecule has 1 aromatic rings. The van der Waals surface area contributed by atoms with E-state index in [1.165, 1.54) is 11.1 Å². The molecule has 1 heterocycles. The van der Waals surface area contributed by atoms with E-state index in [-0.39, 0.29) is 6.03 Å². The fraction of sp³-hybridized carbons (Fsp3) is 0.333. The minimum Gasteiger partial charge on any atom is -0.366 e. The predicted octanol–water partition coefficient (Wildman–Crippen LogP) is 0.940. The number of nitrogens with two attached hydrogens (primary N) is 2. The zero-order chi connectivity index (χ0) is 14.0. The van der Waals surface area contributed by atoms with Gasteiger partial charge in [-0.05, 0) is 24.1 Å². The molecule has 0 aromatic heterocycles. The van der Waals surface area contributed by atoms with Crippen molar-refractivity contribution in [2.45, 2.75) is 13.0 Å². The topological polar surface area (TPSA) is 92.7 Å². The summed E-state index contributed by atoms with van der Waals surface area (Å²) in [5.74, 6) is 5.04. The van der Waals surface area contributed by atoms with Crippen LogP contribution in [0.25, 0.3) is 0 Å². The molecule has 0 atom stereocenters. The standard InChI is InChI=1S/C12H15ClN4O2/c13-10-6-8(11(14)18)2-3-9(10)7-16-4-1-5-17(15)12(16)19/h2-3,6H,1,4-5,7,15H2,(H2,14,18). The summed E-state index contributed by atoms with van der Waals surface area (Å²) in [7, 11) is 0. The van der Waals surface area contributed by atoms with Gasteiger partial charge in [0, 0.05) is 30.2 Å². The molecule has 19 heavy (non-hydrogen) atoms. The quantitative estimate of drug-likeness (QED) is 0.638. The Labute approximate surface area is 115 Å². The molecule has 0 spiro atoms. The van der Waals surface area contributed by atoms with Crippen LogP contribution in [-0.4, -0.2) is 34.9 Å².